The quantitative estimate of drug-likeness (QED) is 0.472. The van der Waals surface area contributed by atoms with Crippen molar-refractivity contribution in [1.29, 1.82) is 0 Å². The number of amides is 1. The van der Waals surface area contributed by atoms with Gasteiger partial charge >= 0.3 is 5.97 Å². The molecule has 1 aromatic heterocycles. The number of hydrogen-bond acceptors (Lipinski definition) is 4. The first-order valence-electron chi connectivity index (χ1n) is 9.53. The second kappa shape index (κ2) is 9.04. The molecule has 31 heavy (non-hydrogen) atoms. The molecule has 4 rings (SSSR count). The summed E-state index contributed by atoms with van der Waals surface area (Å²) in [5.74, 6) is -1.61. The summed E-state index contributed by atoms with van der Waals surface area (Å²) in [6.07, 6.45) is 1.58. The number of hydrogen-bond donors (Lipinski definition) is 1. The number of aromatic nitrogens is 2. The largest absolute Gasteiger partial charge is 0.452 e. The molecule has 0 saturated heterocycles. The van der Waals surface area contributed by atoms with Gasteiger partial charge in [0.05, 0.1) is 5.69 Å². The number of para-hydroxylation sites is 1. The Morgan fingerprint density at radius 2 is 1.55 bits per heavy atom. The fraction of sp³-hybridized carbons (Fsp3) is 0.0417. The Morgan fingerprint density at radius 3 is 2.23 bits per heavy atom. The van der Waals surface area contributed by atoms with Crippen LogP contribution >= 0.6 is 0 Å². The van der Waals surface area contributed by atoms with Crippen molar-refractivity contribution in [2.45, 2.75) is 0 Å². The van der Waals surface area contributed by atoms with Crippen LogP contribution in [0.1, 0.15) is 10.4 Å². The van der Waals surface area contributed by atoms with Gasteiger partial charge in [-0.25, -0.2) is 13.9 Å². The molecule has 0 atom stereocenters. The van der Waals surface area contributed by atoms with E-state index >= 15 is 0 Å². The van der Waals surface area contributed by atoms with Gasteiger partial charge in [0.1, 0.15) is 17.1 Å². The number of carbonyl (C=O) groups is 2. The Balaban J connectivity index is 1.53. The first-order chi connectivity index (χ1) is 15.1. The van der Waals surface area contributed by atoms with Gasteiger partial charge in [0, 0.05) is 17.4 Å². The number of ether oxygens (including phenoxy) is 1. The number of nitrogens with zero attached hydrogens (tertiary/aromatic N) is 2. The lowest BCUT2D eigenvalue weighted by Gasteiger charge is -2.07. The van der Waals surface area contributed by atoms with Crippen LogP contribution in [-0.2, 0) is 9.53 Å². The second-order valence-electron chi connectivity index (χ2n) is 6.67. The summed E-state index contributed by atoms with van der Waals surface area (Å²) in [7, 11) is 0. The molecule has 1 amide bonds. The van der Waals surface area contributed by atoms with Crippen LogP contribution < -0.4 is 5.32 Å². The van der Waals surface area contributed by atoms with E-state index in [1.54, 1.807) is 10.9 Å². The summed E-state index contributed by atoms with van der Waals surface area (Å²) in [5.41, 5.74) is 2.63. The lowest BCUT2D eigenvalue weighted by molar-refractivity contribution is -0.119. The molecule has 0 spiro atoms. The summed E-state index contributed by atoms with van der Waals surface area (Å²) in [6.45, 7) is -0.485. The lowest BCUT2D eigenvalue weighted by Crippen LogP contribution is -2.21. The average molecular weight is 415 g/mol. The van der Waals surface area contributed by atoms with Crippen LogP contribution in [0.15, 0.2) is 91.1 Å². The van der Waals surface area contributed by atoms with E-state index in [4.69, 9.17) is 4.74 Å². The molecule has 3 aromatic carbocycles. The van der Waals surface area contributed by atoms with Gasteiger partial charge in [-0.2, -0.15) is 5.10 Å². The predicted octanol–water partition coefficient (Wildman–Crippen LogP) is 4.47. The lowest BCUT2D eigenvalue weighted by atomic mass is 10.1. The second-order valence-corrected chi connectivity index (χ2v) is 6.67. The zero-order chi connectivity index (χ0) is 21.6. The monoisotopic (exact) mass is 415 g/mol. The minimum atomic E-state index is -0.671. The molecule has 0 radical (unpaired) electrons. The zero-order valence-corrected chi connectivity index (χ0v) is 16.4. The number of anilines is 1. The highest BCUT2D eigenvalue weighted by molar-refractivity contribution is 5.98. The smallest absolute Gasteiger partial charge is 0.342 e. The molecule has 4 aromatic rings. The summed E-state index contributed by atoms with van der Waals surface area (Å²) < 4.78 is 19.8. The number of carbonyl (C=O) groups excluding carboxylic acids is 2. The Labute approximate surface area is 177 Å². The number of esters is 1. The summed E-state index contributed by atoms with van der Waals surface area (Å²) in [4.78, 5) is 24.9. The predicted molar refractivity (Wildman–Crippen MR) is 114 cm³/mol. The van der Waals surface area contributed by atoms with Crippen LogP contribution in [-0.4, -0.2) is 28.3 Å². The third-order valence-electron chi connectivity index (χ3n) is 4.46. The normalized spacial score (nSPS) is 10.5. The Kier molecular flexibility index (Phi) is 5.84. The minimum Gasteiger partial charge on any atom is -0.452 e. The molecule has 1 N–H and O–H groups in total. The van der Waals surface area contributed by atoms with Gasteiger partial charge in [-0.3, -0.25) is 4.79 Å². The van der Waals surface area contributed by atoms with Crippen molar-refractivity contribution >= 4 is 17.6 Å². The van der Waals surface area contributed by atoms with E-state index in [9.17, 15) is 14.0 Å². The van der Waals surface area contributed by atoms with Gasteiger partial charge < -0.3 is 10.1 Å². The summed E-state index contributed by atoms with van der Waals surface area (Å²) >= 11 is 0. The maximum absolute atomic E-state index is 13.0. The SMILES string of the molecule is O=C(COC(=O)c1cn(-c2ccccc2)nc1-c1ccccc1)Nc1ccc(F)cc1. The van der Waals surface area contributed by atoms with E-state index in [0.29, 0.717) is 11.4 Å². The topological polar surface area (TPSA) is 73.2 Å². The van der Waals surface area contributed by atoms with Crippen LogP contribution in [0.25, 0.3) is 16.9 Å². The van der Waals surface area contributed by atoms with Gasteiger partial charge in [-0.15, -0.1) is 0 Å². The third kappa shape index (κ3) is 4.84. The van der Waals surface area contributed by atoms with Crippen molar-refractivity contribution in [3.05, 3.63) is 103 Å². The highest BCUT2D eigenvalue weighted by Crippen LogP contribution is 2.24. The van der Waals surface area contributed by atoms with Gasteiger partial charge in [0.2, 0.25) is 0 Å². The molecule has 0 aliphatic rings. The number of nitrogens with one attached hydrogen (secondary N) is 1. The number of rotatable bonds is 6. The first-order valence-corrected chi connectivity index (χ1v) is 9.53. The highest BCUT2D eigenvalue weighted by atomic mass is 19.1. The molecule has 154 valence electrons. The Hall–Kier alpha value is -4.26. The van der Waals surface area contributed by atoms with Crippen molar-refractivity contribution in [2.24, 2.45) is 0 Å². The first kappa shape index (κ1) is 20.0. The van der Waals surface area contributed by atoms with E-state index in [0.717, 1.165) is 11.3 Å². The van der Waals surface area contributed by atoms with Crippen molar-refractivity contribution in [2.75, 3.05) is 11.9 Å². The number of benzene rings is 3. The highest BCUT2D eigenvalue weighted by Gasteiger charge is 2.20. The minimum absolute atomic E-state index is 0.240. The van der Waals surface area contributed by atoms with Gasteiger partial charge in [-0.1, -0.05) is 48.5 Å². The maximum atomic E-state index is 13.0. The maximum Gasteiger partial charge on any atom is 0.342 e. The van der Waals surface area contributed by atoms with Gasteiger partial charge in [0.25, 0.3) is 5.91 Å². The molecule has 0 fully saturated rings. The van der Waals surface area contributed by atoms with Crippen LogP contribution in [0.2, 0.25) is 0 Å². The molecule has 0 aliphatic heterocycles. The molecule has 0 saturated carbocycles. The average Bonchev–Trinajstić information content (AvgIpc) is 3.26. The molecule has 0 aliphatic carbocycles. The molecule has 0 bridgehead atoms. The molecular weight excluding hydrogens is 397 g/mol. The molecule has 7 heteroatoms. The Morgan fingerprint density at radius 1 is 0.903 bits per heavy atom. The van der Waals surface area contributed by atoms with E-state index in [1.165, 1.54) is 24.3 Å². The molecular formula is C24H18FN3O3. The standard InChI is InChI=1S/C24H18FN3O3/c25-18-11-13-19(14-12-18)26-22(29)16-31-24(30)21-15-28(20-9-5-2-6-10-20)27-23(21)17-7-3-1-4-8-17/h1-15H,16H2,(H,26,29). The van der Waals surface area contributed by atoms with Crippen LogP contribution in [0.3, 0.4) is 0 Å². The zero-order valence-electron chi connectivity index (χ0n) is 16.4. The van der Waals surface area contributed by atoms with Crippen LogP contribution in [0.4, 0.5) is 10.1 Å². The van der Waals surface area contributed by atoms with Crippen molar-refractivity contribution in [3.63, 3.8) is 0 Å². The summed E-state index contributed by atoms with van der Waals surface area (Å²) in [6, 6.07) is 23.9. The fourth-order valence-electron chi connectivity index (χ4n) is 2.98. The Bertz CT molecular complexity index is 1190. The van der Waals surface area contributed by atoms with Crippen LogP contribution in [0.5, 0.6) is 0 Å². The summed E-state index contributed by atoms with van der Waals surface area (Å²) in [5, 5.41) is 7.10. The van der Waals surface area contributed by atoms with Crippen molar-refractivity contribution in [1.82, 2.24) is 9.78 Å². The van der Waals surface area contributed by atoms with E-state index < -0.39 is 24.3 Å². The number of halogens is 1. The third-order valence-corrected chi connectivity index (χ3v) is 4.46. The van der Waals surface area contributed by atoms with E-state index in [-0.39, 0.29) is 5.56 Å². The molecule has 6 nitrogen and oxygen atoms in total. The van der Waals surface area contributed by atoms with Crippen LogP contribution in [0, 0.1) is 5.82 Å². The van der Waals surface area contributed by atoms with Gasteiger partial charge in [-0.05, 0) is 36.4 Å². The van der Waals surface area contributed by atoms with E-state index in [1.807, 2.05) is 60.7 Å². The molecule has 1 heterocycles. The van der Waals surface area contributed by atoms with Gasteiger partial charge in [0.15, 0.2) is 6.61 Å². The molecule has 0 unspecified atom stereocenters. The van der Waals surface area contributed by atoms with E-state index in [2.05, 4.69) is 10.4 Å². The van der Waals surface area contributed by atoms with Crippen molar-refractivity contribution in [3.8, 4) is 16.9 Å². The van der Waals surface area contributed by atoms with Crippen molar-refractivity contribution < 1.29 is 18.7 Å². The fourth-order valence-corrected chi connectivity index (χ4v) is 2.98.